The van der Waals surface area contributed by atoms with Crippen LogP contribution in [-0.2, 0) is 13.6 Å². The minimum atomic E-state index is -0.0956. The van der Waals surface area contributed by atoms with Crippen LogP contribution >= 0.6 is 0 Å². The first-order valence-electron chi connectivity index (χ1n) is 9.53. The van der Waals surface area contributed by atoms with Crippen molar-refractivity contribution in [2.24, 2.45) is 7.05 Å². The van der Waals surface area contributed by atoms with Crippen LogP contribution in [0.25, 0.3) is 0 Å². The summed E-state index contributed by atoms with van der Waals surface area (Å²) in [5.74, 6) is 2.72. The Kier molecular flexibility index (Phi) is 5.14. The number of amides is 1. The maximum Gasteiger partial charge on any atom is 0.289 e. The Morgan fingerprint density at radius 2 is 2.11 bits per heavy atom. The highest BCUT2D eigenvalue weighted by Gasteiger charge is 2.29. The molecule has 9 nitrogen and oxygen atoms in total. The molecule has 1 fully saturated rings. The fourth-order valence-electron chi connectivity index (χ4n) is 3.56. The van der Waals surface area contributed by atoms with Crippen LogP contribution in [0, 0.1) is 0 Å². The number of nitrogens with zero attached hydrogens (tertiary/aromatic N) is 6. The lowest BCUT2D eigenvalue weighted by Gasteiger charge is -2.30. The van der Waals surface area contributed by atoms with E-state index in [2.05, 4.69) is 15.3 Å². The van der Waals surface area contributed by atoms with Crippen LogP contribution in [0.1, 0.15) is 47.9 Å². The van der Waals surface area contributed by atoms with Crippen molar-refractivity contribution >= 4 is 5.91 Å². The van der Waals surface area contributed by atoms with Gasteiger partial charge in [0.2, 0.25) is 0 Å². The monoisotopic (exact) mass is 384 g/mol. The summed E-state index contributed by atoms with van der Waals surface area (Å²) in [5, 5.41) is 13.0. The molecule has 3 aromatic heterocycles. The lowest BCUT2D eigenvalue weighted by atomic mass is 9.95. The van der Waals surface area contributed by atoms with Crippen molar-refractivity contribution in [3.63, 3.8) is 0 Å². The lowest BCUT2D eigenvalue weighted by Crippen LogP contribution is -2.38. The highest BCUT2D eigenvalue weighted by atomic mass is 16.6. The number of carbonyl (C=O) groups excluding carboxylic acids is 1. The van der Waals surface area contributed by atoms with Crippen LogP contribution in [0.3, 0.4) is 0 Å². The first kappa shape index (κ1) is 18.3. The molecule has 0 radical (unpaired) electrons. The number of rotatable bonds is 6. The molecular weight excluding hydrogens is 360 g/mol. The topological polar surface area (TPSA) is 91.2 Å². The molecule has 0 spiro atoms. The number of hydrogen-bond acceptors (Lipinski definition) is 6. The van der Waals surface area contributed by atoms with E-state index in [1.165, 1.54) is 0 Å². The molecule has 4 rings (SSSR count). The molecule has 1 amide bonds. The molecule has 4 heterocycles. The second kappa shape index (κ2) is 7.87. The van der Waals surface area contributed by atoms with Crippen LogP contribution < -0.4 is 4.74 Å². The van der Waals surface area contributed by atoms with E-state index in [4.69, 9.17) is 9.15 Å². The van der Waals surface area contributed by atoms with Gasteiger partial charge < -0.3 is 18.6 Å². The van der Waals surface area contributed by atoms with Crippen molar-refractivity contribution in [3.8, 4) is 5.95 Å². The van der Waals surface area contributed by atoms with Crippen molar-refractivity contribution in [2.45, 2.75) is 32.2 Å². The maximum atomic E-state index is 12.6. The second-order valence-corrected chi connectivity index (χ2v) is 6.86. The van der Waals surface area contributed by atoms with E-state index < -0.39 is 0 Å². The maximum absolute atomic E-state index is 12.6. The first-order valence-corrected chi connectivity index (χ1v) is 9.53. The number of likely N-dealkylation sites (tertiary alicyclic amines) is 1. The van der Waals surface area contributed by atoms with E-state index in [0.717, 1.165) is 24.5 Å². The SMILES string of the molecule is CCOc1ccc(C(=O)N2CCC(c3nnc(Cn4cccn4)n3C)CC2)o1. The van der Waals surface area contributed by atoms with E-state index >= 15 is 0 Å². The third-order valence-corrected chi connectivity index (χ3v) is 5.09. The normalized spacial score (nSPS) is 15.1. The Balaban J connectivity index is 1.37. The molecule has 0 atom stereocenters. The third kappa shape index (κ3) is 3.64. The first-order chi connectivity index (χ1) is 13.7. The smallest absolute Gasteiger partial charge is 0.289 e. The summed E-state index contributed by atoms with van der Waals surface area (Å²) in [6, 6.07) is 5.24. The zero-order valence-corrected chi connectivity index (χ0v) is 16.1. The highest BCUT2D eigenvalue weighted by Crippen LogP contribution is 2.28. The van der Waals surface area contributed by atoms with Gasteiger partial charge in [0.25, 0.3) is 11.9 Å². The van der Waals surface area contributed by atoms with Crippen molar-refractivity contribution in [2.75, 3.05) is 19.7 Å². The molecule has 1 aliphatic rings. The number of piperidine rings is 1. The van der Waals surface area contributed by atoms with Crippen molar-refractivity contribution in [1.29, 1.82) is 0 Å². The van der Waals surface area contributed by atoms with Gasteiger partial charge in [0.15, 0.2) is 11.6 Å². The number of hydrogen-bond donors (Lipinski definition) is 0. The summed E-state index contributed by atoms with van der Waals surface area (Å²) in [4.78, 5) is 14.5. The molecule has 28 heavy (non-hydrogen) atoms. The van der Waals surface area contributed by atoms with Gasteiger partial charge in [-0.1, -0.05) is 0 Å². The van der Waals surface area contributed by atoms with E-state index in [1.54, 1.807) is 18.3 Å². The van der Waals surface area contributed by atoms with Gasteiger partial charge >= 0.3 is 0 Å². The van der Waals surface area contributed by atoms with Crippen molar-refractivity contribution < 1.29 is 13.9 Å². The summed E-state index contributed by atoms with van der Waals surface area (Å²) < 4.78 is 14.6. The summed E-state index contributed by atoms with van der Waals surface area (Å²) in [6.45, 7) is 4.30. The molecule has 0 bridgehead atoms. The molecule has 9 heteroatoms. The van der Waals surface area contributed by atoms with Crippen molar-refractivity contribution in [3.05, 3.63) is 48.0 Å². The number of aromatic nitrogens is 5. The fraction of sp³-hybridized carbons (Fsp3) is 0.474. The summed E-state index contributed by atoms with van der Waals surface area (Å²) >= 11 is 0. The molecule has 1 saturated heterocycles. The predicted molar refractivity (Wildman–Crippen MR) is 100 cm³/mol. The fourth-order valence-corrected chi connectivity index (χ4v) is 3.56. The molecule has 0 aliphatic carbocycles. The molecule has 148 valence electrons. The summed E-state index contributed by atoms with van der Waals surface area (Å²) in [7, 11) is 1.99. The van der Waals surface area contributed by atoms with Crippen LogP contribution in [0.15, 0.2) is 35.0 Å². The average Bonchev–Trinajstić information content (AvgIpc) is 3.45. The number of ether oxygens (including phenoxy) is 1. The Bertz CT molecular complexity index is 922. The van der Waals surface area contributed by atoms with Gasteiger partial charge in [0, 0.05) is 44.5 Å². The van der Waals surface area contributed by atoms with Crippen LogP contribution in [-0.4, -0.2) is 55.0 Å². The highest BCUT2D eigenvalue weighted by molar-refractivity contribution is 5.91. The Morgan fingerprint density at radius 3 is 2.82 bits per heavy atom. The lowest BCUT2D eigenvalue weighted by molar-refractivity contribution is 0.0670. The van der Waals surface area contributed by atoms with Crippen molar-refractivity contribution in [1.82, 2.24) is 29.4 Å². The van der Waals surface area contributed by atoms with Gasteiger partial charge in [-0.3, -0.25) is 9.48 Å². The predicted octanol–water partition coefficient (Wildman–Crippen LogP) is 2.07. The quantitative estimate of drug-likeness (QED) is 0.646. The molecule has 0 aromatic carbocycles. The van der Waals surface area contributed by atoms with E-state index in [-0.39, 0.29) is 11.8 Å². The van der Waals surface area contributed by atoms with E-state index in [0.29, 0.717) is 37.9 Å². The Labute approximate surface area is 162 Å². The zero-order valence-electron chi connectivity index (χ0n) is 16.1. The van der Waals surface area contributed by atoms with Gasteiger partial charge in [0.05, 0.1) is 6.61 Å². The molecule has 1 aliphatic heterocycles. The van der Waals surface area contributed by atoms with Gasteiger partial charge in [-0.25, -0.2) is 0 Å². The zero-order chi connectivity index (χ0) is 19.5. The minimum Gasteiger partial charge on any atom is -0.465 e. The average molecular weight is 384 g/mol. The van der Waals surface area contributed by atoms with Crippen LogP contribution in [0.5, 0.6) is 5.95 Å². The van der Waals surface area contributed by atoms with E-state index in [9.17, 15) is 4.79 Å². The van der Waals surface area contributed by atoms with Crippen LogP contribution in [0.4, 0.5) is 0 Å². The number of carbonyl (C=O) groups is 1. The van der Waals surface area contributed by atoms with E-state index in [1.807, 2.05) is 40.4 Å². The van der Waals surface area contributed by atoms with Gasteiger partial charge in [-0.2, -0.15) is 5.10 Å². The minimum absolute atomic E-state index is 0.0956. The molecule has 3 aromatic rings. The van der Waals surface area contributed by atoms with Crippen LogP contribution in [0.2, 0.25) is 0 Å². The summed E-state index contributed by atoms with van der Waals surface area (Å²) in [6.07, 6.45) is 5.35. The van der Waals surface area contributed by atoms with Gasteiger partial charge in [-0.05, 0) is 31.9 Å². The van der Waals surface area contributed by atoms with Gasteiger partial charge in [0.1, 0.15) is 12.4 Å². The molecular formula is C19H24N6O3. The Morgan fingerprint density at radius 1 is 1.29 bits per heavy atom. The third-order valence-electron chi connectivity index (χ3n) is 5.09. The summed E-state index contributed by atoms with van der Waals surface area (Å²) in [5.41, 5.74) is 0. The standard InChI is InChI=1S/C19H24N6O3/c1-3-27-17-6-5-15(28-17)19(26)24-11-7-14(8-12-24)18-22-21-16(23(18)2)13-25-10-4-9-20-25/h4-6,9-10,14H,3,7-8,11-13H2,1-2H3. The second-order valence-electron chi connectivity index (χ2n) is 6.86. The Hall–Kier alpha value is -3.10. The molecule has 0 N–H and O–H groups in total. The van der Waals surface area contributed by atoms with Gasteiger partial charge in [-0.15, -0.1) is 10.2 Å². The molecule has 0 saturated carbocycles. The molecule has 0 unspecified atom stereocenters. The number of furan rings is 1. The largest absolute Gasteiger partial charge is 0.465 e.